The molecule has 1 fully saturated rings. The number of imide groups is 1. The predicted octanol–water partition coefficient (Wildman–Crippen LogP) is 0.273. The van der Waals surface area contributed by atoms with Crippen LogP contribution < -0.4 is 16.4 Å². The maximum absolute atomic E-state index is 12.7. The van der Waals surface area contributed by atoms with Crippen LogP contribution in [0.2, 0.25) is 0 Å². The molecule has 2 aliphatic heterocycles. The number of carbonyl (C=O) groups is 3. The van der Waals surface area contributed by atoms with Crippen LogP contribution >= 0.6 is 0 Å². The molecule has 134 valence electrons. The molecule has 4 N–H and O–H groups in total. The average Bonchev–Trinajstić information content (AvgIpc) is 2.89. The van der Waals surface area contributed by atoms with Gasteiger partial charge in [-0.1, -0.05) is 12.1 Å². The lowest BCUT2D eigenvalue weighted by molar-refractivity contribution is -0.136. The van der Waals surface area contributed by atoms with Gasteiger partial charge in [0.25, 0.3) is 5.91 Å². The Morgan fingerprint density at radius 3 is 2.76 bits per heavy atom. The largest absolute Gasteiger partial charge is 0.327 e. The fourth-order valence-electron chi connectivity index (χ4n) is 3.18. The van der Waals surface area contributed by atoms with E-state index in [0.29, 0.717) is 25.1 Å². The minimum Gasteiger partial charge on any atom is -0.327 e. The molecular weight excluding hydrogens is 320 g/mol. The van der Waals surface area contributed by atoms with Crippen molar-refractivity contribution in [1.82, 2.24) is 15.5 Å². The standard InChI is InChI=1S/C18H24N4O3/c1-10(19)11(2)20-8-12-3-4-13-9-22(18(25)14(13)7-12)15-5-6-16(23)21-17(15)24/h3-4,7,10-11,15,20H,5-6,8-9,19H2,1-2H3,(H,21,23,24). The highest BCUT2D eigenvalue weighted by Crippen LogP contribution is 2.28. The second-order valence-electron chi connectivity index (χ2n) is 6.92. The lowest BCUT2D eigenvalue weighted by atomic mass is 10.0. The molecule has 0 radical (unpaired) electrons. The van der Waals surface area contributed by atoms with Gasteiger partial charge < -0.3 is 16.0 Å². The summed E-state index contributed by atoms with van der Waals surface area (Å²) in [6.07, 6.45) is 0.644. The van der Waals surface area contributed by atoms with Crippen LogP contribution in [0.3, 0.4) is 0 Å². The SMILES string of the molecule is CC(N)C(C)NCc1ccc2c(c1)C(=O)N(C1CCC(=O)NC1=O)C2. The normalized spacial score (nSPS) is 22.6. The number of nitrogens with two attached hydrogens (primary N) is 1. The molecule has 1 saturated heterocycles. The quantitative estimate of drug-likeness (QED) is 0.665. The van der Waals surface area contributed by atoms with Crippen LogP contribution in [0.1, 0.15) is 48.2 Å². The molecule has 0 bridgehead atoms. The topological polar surface area (TPSA) is 105 Å². The Morgan fingerprint density at radius 1 is 1.32 bits per heavy atom. The second-order valence-corrected chi connectivity index (χ2v) is 6.92. The summed E-state index contributed by atoms with van der Waals surface area (Å²) in [5, 5.41) is 5.65. The number of piperidine rings is 1. The third-order valence-corrected chi connectivity index (χ3v) is 5.01. The van der Waals surface area contributed by atoms with Crippen molar-refractivity contribution in [3.8, 4) is 0 Å². The molecule has 3 amide bonds. The molecule has 2 heterocycles. The number of rotatable bonds is 5. The van der Waals surface area contributed by atoms with Crippen LogP contribution in [-0.4, -0.2) is 40.7 Å². The van der Waals surface area contributed by atoms with E-state index in [1.165, 1.54) is 0 Å². The summed E-state index contributed by atoms with van der Waals surface area (Å²) >= 11 is 0. The Bertz CT molecular complexity index is 716. The van der Waals surface area contributed by atoms with E-state index in [0.717, 1.165) is 11.1 Å². The second kappa shape index (κ2) is 6.93. The molecule has 1 aromatic rings. The molecular formula is C18H24N4O3. The fraction of sp³-hybridized carbons (Fsp3) is 0.500. The van der Waals surface area contributed by atoms with Gasteiger partial charge in [-0.3, -0.25) is 19.7 Å². The van der Waals surface area contributed by atoms with E-state index in [-0.39, 0.29) is 36.2 Å². The number of nitrogens with one attached hydrogen (secondary N) is 2. The van der Waals surface area contributed by atoms with Crippen molar-refractivity contribution in [2.45, 2.75) is 57.9 Å². The minimum atomic E-state index is -0.572. The molecule has 3 unspecified atom stereocenters. The van der Waals surface area contributed by atoms with Crippen LogP contribution in [0.15, 0.2) is 18.2 Å². The summed E-state index contributed by atoms with van der Waals surface area (Å²) in [4.78, 5) is 37.7. The number of nitrogens with zero attached hydrogens (tertiary/aromatic N) is 1. The monoisotopic (exact) mass is 344 g/mol. The van der Waals surface area contributed by atoms with Crippen LogP contribution in [0.25, 0.3) is 0 Å². The Morgan fingerprint density at radius 2 is 2.08 bits per heavy atom. The highest BCUT2D eigenvalue weighted by Gasteiger charge is 2.39. The predicted molar refractivity (Wildman–Crippen MR) is 92.4 cm³/mol. The lowest BCUT2D eigenvalue weighted by Gasteiger charge is -2.29. The molecule has 0 spiro atoms. The van der Waals surface area contributed by atoms with Gasteiger partial charge in [0.1, 0.15) is 6.04 Å². The van der Waals surface area contributed by atoms with Crippen molar-refractivity contribution in [3.63, 3.8) is 0 Å². The molecule has 25 heavy (non-hydrogen) atoms. The summed E-state index contributed by atoms with van der Waals surface area (Å²) in [5.41, 5.74) is 8.41. The zero-order chi connectivity index (χ0) is 18.1. The minimum absolute atomic E-state index is 0.0408. The summed E-state index contributed by atoms with van der Waals surface area (Å²) < 4.78 is 0. The number of carbonyl (C=O) groups excluding carboxylic acids is 3. The number of hydrogen-bond acceptors (Lipinski definition) is 5. The molecule has 0 aromatic heterocycles. The Kier molecular flexibility index (Phi) is 4.87. The number of fused-ring (bicyclic) bond motifs is 1. The molecule has 0 saturated carbocycles. The third-order valence-electron chi connectivity index (χ3n) is 5.01. The van der Waals surface area contributed by atoms with Gasteiger partial charge in [0, 0.05) is 37.2 Å². The summed E-state index contributed by atoms with van der Waals surface area (Å²) in [7, 11) is 0. The zero-order valence-electron chi connectivity index (χ0n) is 14.5. The van der Waals surface area contributed by atoms with Crippen molar-refractivity contribution >= 4 is 17.7 Å². The van der Waals surface area contributed by atoms with E-state index in [4.69, 9.17) is 5.73 Å². The summed E-state index contributed by atoms with van der Waals surface area (Å²) in [6.45, 7) is 5.00. The van der Waals surface area contributed by atoms with E-state index in [2.05, 4.69) is 10.6 Å². The van der Waals surface area contributed by atoms with Gasteiger partial charge in [-0.25, -0.2) is 0 Å². The van der Waals surface area contributed by atoms with E-state index in [9.17, 15) is 14.4 Å². The average molecular weight is 344 g/mol. The van der Waals surface area contributed by atoms with E-state index in [1.54, 1.807) is 4.90 Å². The number of hydrogen-bond donors (Lipinski definition) is 3. The van der Waals surface area contributed by atoms with E-state index >= 15 is 0 Å². The van der Waals surface area contributed by atoms with Gasteiger partial charge in [-0.2, -0.15) is 0 Å². The van der Waals surface area contributed by atoms with Gasteiger partial charge >= 0.3 is 0 Å². The van der Waals surface area contributed by atoms with Crippen molar-refractivity contribution in [2.75, 3.05) is 0 Å². The van der Waals surface area contributed by atoms with Crippen LogP contribution in [0.4, 0.5) is 0 Å². The first kappa shape index (κ1) is 17.6. The van der Waals surface area contributed by atoms with Crippen molar-refractivity contribution in [2.24, 2.45) is 5.73 Å². The van der Waals surface area contributed by atoms with Crippen molar-refractivity contribution < 1.29 is 14.4 Å². The molecule has 7 heteroatoms. The fourth-order valence-corrected chi connectivity index (χ4v) is 3.18. The van der Waals surface area contributed by atoms with Crippen molar-refractivity contribution in [3.05, 3.63) is 34.9 Å². The smallest absolute Gasteiger partial charge is 0.255 e. The van der Waals surface area contributed by atoms with Gasteiger partial charge in [-0.05, 0) is 37.5 Å². The summed E-state index contributed by atoms with van der Waals surface area (Å²) in [6, 6.07) is 5.44. The molecule has 7 nitrogen and oxygen atoms in total. The highest BCUT2D eigenvalue weighted by molar-refractivity contribution is 6.05. The van der Waals surface area contributed by atoms with E-state index < -0.39 is 6.04 Å². The first-order chi connectivity index (χ1) is 11.9. The molecule has 1 aromatic carbocycles. The maximum atomic E-state index is 12.7. The summed E-state index contributed by atoms with van der Waals surface area (Å²) in [5.74, 6) is -0.807. The Labute approximate surface area is 146 Å². The molecule has 3 rings (SSSR count). The number of benzene rings is 1. The van der Waals surface area contributed by atoms with Gasteiger partial charge in [-0.15, -0.1) is 0 Å². The Balaban J connectivity index is 1.71. The van der Waals surface area contributed by atoms with Crippen LogP contribution in [-0.2, 0) is 22.7 Å². The van der Waals surface area contributed by atoms with E-state index in [1.807, 2.05) is 32.0 Å². The lowest BCUT2D eigenvalue weighted by Crippen LogP contribution is -2.52. The first-order valence-electron chi connectivity index (χ1n) is 8.62. The zero-order valence-corrected chi connectivity index (χ0v) is 14.5. The van der Waals surface area contributed by atoms with Gasteiger partial charge in [0.05, 0.1) is 0 Å². The highest BCUT2D eigenvalue weighted by atomic mass is 16.2. The van der Waals surface area contributed by atoms with Crippen molar-refractivity contribution in [1.29, 1.82) is 0 Å². The molecule has 3 atom stereocenters. The third kappa shape index (κ3) is 3.57. The Hall–Kier alpha value is -2.25. The van der Waals surface area contributed by atoms with Crippen LogP contribution in [0, 0.1) is 0 Å². The van der Waals surface area contributed by atoms with Gasteiger partial charge in [0.2, 0.25) is 11.8 Å². The molecule has 2 aliphatic rings. The molecule has 0 aliphatic carbocycles. The maximum Gasteiger partial charge on any atom is 0.255 e. The number of amides is 3. The van der Waals surface area contributed by atoms with Crippen LogP contribution in [0.5, 0.6) is 0 Å². The van der Waals surface area contributed by atoms with Gasteiger partial charge in [0.15, 0.2) is 0 Å². The first-order valence-corrected chi connectivity index (χ1v) is 8.62.